The van der Waals surface area contributed by atoms with Crippen LogP contribution in [0, 0.1) is 0 Å². The third-order valence-corrected chi connectivity index (χ3v) is 3.68. The van der Waals surface area contributed by atoms with Crippen molar-refractivity contribution < 1.29 is 9.53 Å². The number of carbonyl (C=O) groups is 1. The van der Waals surface area contributed by atoms with E-state index in [2.05, 4.69) is 0 Å². The third kappa shape index (κ3) is 3.06. The molecule has 0 aliphatic heterocycles. The minimum Gasteiger partial charge on any atom is -0.497 e. The monoisotopic (exact) mass is 278 g/mol. The lowest BCUT2D eigenvalue weighted by molar-refractivity contribution is 0.112. The second kappa shape index (κ2) is 5.94. The van der Waals surface area contributed by atoms with Crippen LogP contribution in [0.25, 0.3) is 0 Å². The molecule has 92 valence electrons. The van der Waals surface area contributed by atoms with Crippen molar-refractivity contribution in [1.82, 2.24) is 0 Å². The quantitative estimate of drug-likeness (QED) is 0.780. The molecular formula is C14H11ClO2S. The van der Waals surface area contributed by atoms with Gasteiger partial charge < -0.3 is 4.74 Å². The van der Waals surface area contributed by atoms with Gasteiger partial charge in [-0.3, -0.25) is 4.79 Å². The second-order valence-corrected chi connectivity index (χ2v) is 5.13. The SMILES string of the molecule is COc1cccc(Sc2ccc(Cl)cc2C=O)c1. The van der Waals surface area contributed by atoms with E-state index in [4.69, 9.17) is 16.3 Å². The maximum Gasteiger partial charge on any atom is 0.151 e. The van der Waals surface area contributed by atoms with Crippen LogP contribution in [0.15, 0.2) is 52.3 Å². The van der Waals surface area contributed by atoms with Crippen LogP contribution < -0.4 is 4.74 Å². The van der Waals surface area contributed by atoms with E-state index in [0.29, 0.717) is 10.6 Å². The van der Waals surface area contributed by atoms with E-state index in [1.807, 2.05) is 30.3 Å². The Kier molecular flexibility index (Phi) is 4.28. The zero-order valence-corrected chi connectivity index (χ0v) is 11.3. The van der Waals surface area contributed by atoms with Crippen molar-refractivity contribution in [1.29, 1.82) is 0 Å². The molecule has 0 aliphatic rings. The number of carbonyl (C=O) groups excluding carboxylic acids is 1. The molecule has 0 N–H and O–H groups in total. The van der Waals surface area contributed by atoms with Crippen molar-refractivity contribution in [3.8, 4) is 5.75 Å². The number of benzene rings is 2. The first-order valence-corrected chi connectivity index (χ1v) is 6.49. The molecule has 2 aromatic carbocycles. The maximum atomic E-state index is 11.0. The Bertz CT molecular complexity index is 569. The summed E-state index contributed by atoms with van der Waals surface area (Å²) in [6, 6.07) is 13.0. The molecule has 0 radical (unpaired) electrons. The summed E-state index contributed by atoms with van der Waals surface area (Å²) < 4.78 is 5.16. The van der Waals surface area contributed by atoms with Gasteiger partial charge in [-0.1, -0.05) is 29.4 Å². The fourth-order valence-corrected chi connectivity index (χ4v) is 2.61. The Morgan fingerprint density at radius 3 is 2.78 bits per heavy atom. The van der Waals surface area contributed by atoms with E-state index in [-0.39, 0.29) is 0 Å². The van der Waals surface area contributed by atoms with Crippen LogP contribution >= 0.6 is 23.4 Å². The van der Waals surface area contributed by atoms with Crippen molar-refractivity contribution >= 4 is 29.6 Å². The summed E-state index contributed by atoms with van der Waals surface area (Å²) >= 11 is 7.37. The van der Waals surface area contributed by atoms with Gasteiger partial charge >= 0.3 is 0 Å². The lowest BCUT2D eigenvalue weighted by atomic mass is 10.2. The maximum absolute atomic E-state index is 11.0. The molecule has 0 atom stereocenters. The summed E-state index contributed by atoms with van der Waals surface area (Å²) in [5.74, 6) is 0.793. The van der Waals surface area contributed by atoms with E-state index >= 15 is 0 Å². The average Bonchev–Trinajstić information content (AvgIpc) is 2.41. The normalized spacial score (nSPS) is 10.1. The summed E-state index contributed by atoms with van der Waals surface area (Å²) in [5.41, 5.74) is 0.593. The highest BCUT2D eigenvalue weighted by molar-refractivity contribution is 7.99. The first-order chi connectivity index (χ1) is 8.72. The first kappa shape index (κ1) is 13.0. The molecule has 0 fully saturated rings. The van der Waals surface area contributed by atoms with Gasteiger partial charge in [0.05, 0.1) is 7.11 Å². The molecule has 0 bridgehead atoms. The van der Waals surface area contributed by atoms with Crippen LogP contribution in [0.2, 0.25) is 5.02 Å². The minimum absolute atomic E-state index is 0.562. The molecule has 0 aliphatic carbocycles. The Morgan fingerprint density at radius 1 is 1.22 bits per heavy atom. The molecule has 0 aromatic heterocycles. The number of ether oxygens (including phenoxy) is 1. The molecule has 2 aromatic rings. The number of aldehydes is 1. The van der Waals surface area contributed by atoms with Gasteiger partial charge in [0.1, 0.15) is 5.75 Å². The summed E-state index contributed by atoms with van der Waals surface area (Å²) in [6.07, 6.45) is 0.814. The Morgan fingerprint density at radius 2 is 2.06 bits per heavy atom. The van der Waals surface area contributed by atoms with Gasteiger partial charge in [0.2, 0.25) is 0 Å². The highest BCUT2D eigenvalue weighted by Crippen LogP contribution is 2.32. The van der Waals surface area contributed by atoms with Crippen molar-refractivity contribution in [3.63, 3.8) is 0 Å². The first-order valence-electron chi connectivity index (χ1n) is 5.29. The van der Waals surface area contributed by atoms with Gasteiger partial charge in [0.25, 0.3) is 0 Å². The second-order valence-electron chi connectivity index (χ2n) is 3.58. The van der Waals surface area contributed by atoms with E-state index < -0.39 is 0 Å². The largest absolute Gasteiger partial charge is 0.497 e. The molecule has 0 heterocycles. The van der Waals surface area contributed by atoms with Crippen molar-refractivity contribution in [2.24, 2.45) is 0 Å². The fourth-order valence-electron chi connectivity index (χ4n) is 1.50. The van der Waals surface area contributed by atoms with Crippen molar-refractivity contribution in [3.05, 3.63) is 53.1 Å². The number of hydrogen-bond donors (Lipinski definition) is 0. The minimum atomic E-state index is 0.562. The van der Waals surface area contributed by atoms with Gasteiger partial charge in [-0.2, -0.15) is 0 Å². The highest BCUT2D eigenvalue weighted by Gasteiger charge is 2.05. The van der Waals surface area contributed by atoms with E-state index in [9.17, 15) is 4.79 Å². The topological polar surface area (TPSA) is 26.3 Å². The number of methoxy groups -OCH3 is 1. The predicted octanol–water partition coefficient (Wildman–Crippen LogP) is 4.31. The Labute approximate surface area is 115 Å². The molecule has 0 amide bonds. The Hall–Kier alpha value is -1.45. The molecule has 0 unspecified atom stereocenters. The fraction of sp³-hybridized carbons (Fsp3) is 0.0714. The molecule has 0 spiro atoms. The third-order valence-electron chi connectivity index (χ3n) is 2.37. The van der Waals surface area contributed by atoms with Gasteiger partial charge in [-0.05, 0) is 36.4 Å². The molecule has 2 nitrogen and oxygen atoms in total. The van der Waals surface area contributed by atoms with Crippen molar-refractivity contribution in [2.45, 2.75) is 9.79 Å². The van der Waals surface area contributed by atoms with Gasteiger partial charge in [0, 0.05) is 20.4 Å². The Balaban J connectivity index is 2.30. The van der Waals surface area contributed by atoms with Crippen LogP contribution in [-0.4, -0.2) is 13.4 Å². The molecule has 0 saturated carbocycles. The average molecular weight is 279 g/mol. The predicted molar refractivity (Wildman–Crippen MR) is 74.0 cm³/mol. The van der Waals surface area contributed by atoms with Crippen LogP contribution in [0.5, 0.6) is 5.75 Å². The molecule has 18 heavy (non-hydrogen) atoms. The smallest absolute Gasteiger partial charge is 0.151 e. The van der Waals surface area contributed by atoms with Crippen LogP contribution in [0.4, 0.5) is 0 Å². The number of rotatable bonds is 4. The summed E-state index contributed by atoms with van der Waals surface area (Å²) in [7, 11) is 1.63. The standard InChI is InChI=1S/C14H11ClO2S/c1-17-12-3-2-4-13(8-12)18-14-6-5-11(15)7-10(14)9-16/h2-9H,1H3. The van der Waals surface area contributed by atoms with Gasteiger partial charge in [-0.15, -0.1) is 0 Å². The van der Waals surface area contributed by atoms with Crippen LogP contribution in [-0.2, 0) is 0 Å². The van der Waals surface area contributed by atoms with Crippen LogP contribution in [0.1, 0.15) is 10.4 Å². The van der Waals surface area contributed by atoms with Crippen molar-refractivity contribution in [2.75, 3.05) is 7.11 Å². The molecule has 4 heteroatoms. The van der Waals surface area contributed by atoms with Gasteiger partial charge in [-0.25, -0.2) is 0 Å². The van der Waals surface area contributed by atoms with Gasteiger partial charge in [0.15, 0.2) is 6.29 Å². The van der Waals surface area contributed by atoms with E-state index in [1.54, 1.807) is 19.2 Å². The summed E-state index contributed by atoms with van der Waals surface area (Å²) in [5, 5.41) is 0.562. The lowest BCUT2D eigenvalue weighted by Gasteiger charge is -2.06. The summed E-state index contributed by atoms with van der Waals surface area (Å²) in [6.45, 7) is 0. The van der Waals surface area contributed by atoms with Crippen LogP contribution in [0.3, 0.4) is 0 Å². The highest BCUT2D eigenvalue weighted by atomic mass is 35.5. The molecule has 0 saturated heterocycles. The zero-order chi connectivity index (χ0) is 13.0. The number of halogens is 1. The number of hydrogen-bond acceptors (Lipinski definition) is 3. The zero-order valence-electron chi connectivity index (χ0n) is 9.72. The molecular weight excluding hydrogens is 268 g/mol. The summed E-state index contributed by atoms with van der Waals surface area (Å²) in [4.78, 5) is 12.9. The van der Waals surface area contributed by atoms with E-state index in [0.717, 1.165) is 21.8 Å². The molecule has 2 rings (SSSR count). The van der Waals surface area contributed by atoms with E-state index in [1.165, 1.54) is 11.8 Å². The lowest BCUT2D eigenvalue weighted by Crippen LogP contribution is -1.86.